The van der Waals surface area contributed by atoms with Gasteiger partial charge in [0, 0.05) is 29.8 Å². The first kappa shape index (κ1) is 21.4. The molecule has 4 rings (SSSR count). The van der Waals surface area contributed by atoms with Gasteiger partial charge >= 0.3 is 0 Å². The van der Waals surface area contributed by atoms with Crippen LogP contribution < -0.4 is 5.32 Å². The normalized spacial score (nSPS) is 21.3. The summed E-state index contributed by atoms with van der Waals surface area (Å²) in [5.41, 5.74) is 1.57. The van der Waals surface area contributed by atoms with E-state index < -0.39 is 17.6 Å². The Bertz CT molecular complexity index is 1170. The number of aliphatic imine (C=N–C) groups is 1. The van der Waals surface area contributed by atoms with Gasteiger partial charge in [-0.1, -0.05) is 24.3 Å². The maximum atomic E-state index is 13.2. The van der Waals surface area contributed by atoms with Gasteiger partial charge in [0.2, 0.25) is 0 Å². The quantitative estimate of drug-likeness (QED) is 0.583. The van der Waals surface area contributed by atoms with E-state index in [2.05, 4.69) is 10.3 Å². The number of halogens is 1. The first-order valence-corrected chi connectivity index (χ1v) is 10.2. The molecule has 8 heteroatoms. The van der Waals surface area contributed by atoms with Crippen molar-refractivity contribution in [2.45, 2.75) is 26.1 Å². The summed E-state index contributed by atoms with van der Waals surface area (Å²) < 4.78 is 18.9. The summed E-state index contributed by atoms with van der Waals surface area (Å²) in [5.74, 6) is -1.11. The molecule has 1 saturated heterocycles. The second-order valence-electron chi connectivity index (χ2n) is 7.77. The van der Waals surface area contributed by atoms with Crippen molar-refractivity contribution in [2.24, 2.45) is 4.99 Å². The van der Waals surface area contributed by atoms with Crippen molar-refractivity contribution in [3.8, 4) is 6.07 Å². The van der Waals surface area contributed by atoms with Gasteiger partial charge in [-0.2, -0.15) is 5.26 Å². The SMILES string of the molecule is CC1CN(C(=O)/C(C#N)=C2\N=C(NC(=O)c3ccc(F)cc3)c3ccccc32)CC(C)O1. The number of carbonyl (C=O) groups is 2. The number of nitrogens with one attached hydrogen (secondary N) is 1. The molecule has 2 atom stereocenters. The van der Waals surface area contributed by atoms with E-state index in [1.165, 1.54) is 24.3 Å². The minimum atomic E-state index is -0.472. The molecule has 162 valence electrons. The van der Waals surface area contributed by atoms with E-state index in [1.54, 1.807) is 29.2 Å². The predicted octanol–water partition coefficient (Wildman–Crippen LogP) is 2.89. The second kappa shape index (κ2) is 8.73. The highest BCUT2D eigenvalue weighted by Crippen LogP contribution is 2.31. The molecular formula is C24H21FN4O3. The average Bonchev–Trinajstić information content (AvgIpc) is 3.12. The number of hydrogen-bond acceptors (Lipinski definition) is 5. The first-order chi connectivity index (χ1) is 15.4. The molecule has 1 N–H and O–H groups in total. The lowest BCUT2D eigenvalue weighted by Crippen LogP contribution is -2.48. The highest BCUT2D eigenvalue weighted by Gasteiger charge is 2.32. The Balaban J connectivity index is 1.69. The van der Waals surface area contributed by atoms with Gasteiger partial charge in [-0.05, 0) is 38.1 Å². The highest BCUT2D eigenvalue weighted by molar-refractivity contribution is 6.20. The molecule has 2 aliphatic heterocycles. The maximum absolute atomic E-state index is 13.2. The van der Waals surface area contributed by atoms with Crippen molar-refractivity contribution in [3.05, 3.63) is 76.6 Å². The number of nitriles is 1. The predicted molar refractivity (Wildman–Crippen MR) is 116 cm³/mol. The van der Waals surface area contributed by atoms with Gasteiger partial charge in [0.05, 0.1) is 17.9 Å². The Morgan fingerprint density at radius 3 is 2.34 bits per heavy atom. The van der Waals surface area contributed by atoms with Crippen molar-refractivity contribution < 1.29 is 18.7 Å². The Morgan fingerprint density at radius 2 is 1.72 bits per heavy atom. The summed E-state index contributed by atoms with van der Waals surface area (Å²) >= 11 is 0. The molecule has 2 heterocycles. The van der Waals surface area contributed by atoms with Crippen LogP contribution in [0.2, 0.25) is 0 Å². The van der Waals surface area contributed by atoms with E-state index in [0.717, 1.165) is 0 Å². The average molecular weight is 432 g/mol. The number of amides is 2. The van der Waals surface area contributed by atoms with E-state index in [9.17, 15) is 19.2 Å². The van der Waals surface area contributed by atoms with E-state index in [-0.39, 0.29) is 34.9 Å². The number of amidine groups is 1. The fraction of sp³-hybridized carbons (Fsp3) is 0.250. The van der Waals surface area contributed by atoms with Crippen molar-refractivity contribution >= 4 is 23.3 Å². The van der Waals surface area contributed by atoms with Crippen LogP contribution in [0.5, 0.6) is 0 Å². The number of fused-ring (bicyclic) bond motifs is 1. The first-order valence-electron chi connectivity index (χ1n) is 10.2. The zero-order chi connectivity index (χ0) is 22.8. The van der Waals surface area contributed by atoms with Crippen LogP contribution in [0.15, 0.2) is 59.1 Å². The standard InChI is InChI=1S/C24H21FN4O3/c1-14-12-29(13-15(2)32-14)24(31)20(11-26)21-18-5-3-4-6-19(18)22(27-21)28-23(30)16-7-9-17(25)10-8-16/h3-10,14-15H,12-13H2,1-2H3,(H,27,28,30)/b21-20-. The van der Waals surface area contributed by atoms with E-state index in [0.29, 0.717) is 24.2 Å². The zero-order valence-corrected chi connectivity index (χ0v) is 17.6. The van der Waals surface area contributed by atoms with Crippen LogP contribution in [-0.4, -0.2) is 47.8 Å². The van der Waals surface area contributed by atoms with Crippen molar-refractivity contribution in [1.29, 1.82) is 5.26 Å². The topological polar surface area (TPSA) is 94.8 Å². The van der Waals surface area contributed by atoms with Crippen LogP contribution in [0.25, 0.3) is 5.70 Å². The molecule has 1 fully saturated rings. The second-order valence-corrected chi connectivity index (χ2v) is 7.77. The number of ether oxygens (including phenoxy) is 1. The molecule has 0 radical (unpaired) electrons. The third kappa shape index (κ3) is 4.15. The highest BCUT2D eigenvalue weighted by atomic mass is 19.1. The van der Waals surface area contributed by atoms with Gasteiger partial charge in [-0.15, -0.1) is 0 Å². The molecule has 0 aliphatic carbocycles. The van der Waals surface area contributed by atoms with Crippen molar-refractivity contribution in [1.82, 2.24) is 10.2 Å². The largest absolute Gasteiger partial charge is 0.372 e. The third-order valence-electron chi connectivity index (χ3n) is 5.27. The monoisotopic (exact) mass is 432 g/mol. The summed E-state index contributed by atoms with van der Waals surface area (Å²) in [4.78, 5) is 31.9. The van der Waals surface area contributed by atoms with Gasteiger partial charge < -0.3 is 15.0 Å². The summed E-state index contributed by atoms with van der Waals surface area (Å²) in [6, 6.07) is 14.2. The summed E-state index contributed by atoms with van der Waals surface area (Å²) in [6.07, 6.45) is -0.282. The summed E-state index contributed by atoms with van der Waals surface area (Å²) in [6.45, 7) is 4.50. The van der Waals surface area contributed by atoms with Gasteiger partial charge in [-0.25, -0.2) is 9.38 Å². The number of morpholine rings is 1. The molecular weight excluding hydrogens is 411 g/mol. The molecule has 0 saturated carbocycles. The minimum Gasteiger partial charge on any atom is -0.372 e. The Labute approximate surface area is 184 Å². The van der Waals surface area contributed by atoms with Crippen molar-refractivity contribution in [2.75, 3.05) is 13.1 Å². The van der Waals surface area contributed by atoms with Crippen LogP contribution in [0.3, 0.4) is 0 Å². The van der Waals surface area contributed by atoms with E-state index in [4.69, 9.17) is 4.74 Å². The third-order valence-corrected chi connectivity index (χ3v) is 5.27. The molecule has 2 aromatic carbocycles. The van der Waals surface area contributed by atoms with E-state index in [1.807, 2.05) is 19.9 Å². The summed E-state index contributed by atoms with van der Waals surface area (Å²) in [7, 11) is 0. The fourth-order valence-electron chi connectivity index (χ4n) is 3.90. The molecule has 0 spiro atoms. The summed E-state index contributed by atoms with van der Waals surface area (Å²) in [5, 5.41) is 12.6. The Kier molecular flexibility index (Phi) is 5.84. The maximum Gasteiger partial charge on any atom is 0.266 e. The molecule has 32 heavy (non-hydrogen) atoms. The lowest BCUT2D eigenvalue weighted by atomic mass is 10.0. The van der Waals surface area contributed by atoms with Crippen LogP contribution >= 0.6 is 0 Å². The number of benzene rings is 2. The van der Waals surface area contributed by atoms with Gasteiger partial charge in [0.1, 0.15) is 23.3 Å². The lowest BCUT2D eigenvalue weighted by Gasteiger charge is -2.35. The molecule has 0 aromatic heterocycles. The number of hydrogen-bond donors (Lipinski definition) is 1. The fourth-order valence-corrected chi connectivity index (χ4v) is 3.90. The van der Waals surface area contributed by atoms with Crippen molar-refractivity contribution in [3.63, 3.8) is 0 Å². The van der Waals surface area contributed by atoms with Gasteiger partial charge in [0.15, 0.2) is 0 Å². The van der Waals surface area contributed by atoms with E-state index >= 15 is 0 Å². The van der Waals surface area contributed by atoms with Crippen LogP contribution in [0.1, 0.15) is 35.3 Å². The van der Waals surface area contributed by atoms with Gasteiger partial charge in [-0.3, -0.25) is 9.59 Å². The number of nitrogens with zero attached hydrogens (tertiary/aromatic N) is 3. The molecule has 7 nitrogen and oxygen atoms in total. The molecule has 2 amide bonds. The minimum absolute atomic E-state index is 0.0928. The van der Waals surface area contributed by atoms with Crippen LogP contribution in [-0.2, 0) is 9.53 Å². The molecule has 0 bridgehead atoms. The number of rotatable bonds is 2. The zero-order valence-electron chi connectivity index (χ0n) is 17.6. The molecule has 2 aliphatic rings. The Hall–Kier alpha value is -3.83. The molecule has 2 aromatic rings. The lowest BCUT2D eigenvalue weighted by molar-refractivity contribution is -0.138. The number of carbonyl (C=O) groups excluding carboxylic acids is 2. The Morgan fingerprint density at radius 1 is 1.09 bits per heavy atom. The smallest absolute Gasteiger partial charge is 0.266 e. The van der Waals surface area contributed by atoms with Crippen LogP contribution in [0, 0.1) is 17.1 Å². The molecule has 2 unspecified atom stereocenters. The van der Waals surface area contributed by atoms with Crippen LogP contribution in [0.4, 0.5) is 4.39 Å². The van der Waals surface area contributed by atoms with Gasteiger partial charge in [0.25, 0.3) is 11.8 Å².